The van der Waals surface area contributed by atoms with Crippen LogP contribution in [0.15, 0.2) is 6.20 Å². The Labute approximate surface area is 98.6 Å². The molecule has 0 amide bonds. The van der Waals surface area contributed by atoms with Crippen LogP contribution in [0.1, 0.15) is 23.8 Å². The summed E-state index contributed by atoms with van der Waals surface area (Å²) >= 11 is 0. The molecule has 17 heavy (non-hydrogen) atoms. The number of hydrogen-bond acceptors (Lipinski definition) is 6. The molecule has 0 spiro atoms. The van der Waals surface area contributed by atoms with E-state index in [1.165, 1.54) is 18.0 Å². The van der Waals surface area contributed by atoms with Gasteiger partial charge in [0, 0.05) is 13.0 Å². The predicted molar refractivity (Wildman–Crippen MR) is 56.3 cm³/mol. The number of aromatic nitrogens is 3. The van der Waals surface area contributed by atoms with Crippen LogP contribution in [0.2, 0.25) is 0 Å². The smallest absolute Gasteiger partial charge is 0.358 e. The summed E-state index contributed by atoms with van der Waals surface area (Å²) in [6, 6.07) is 0. The van der Waals surface area contributed by atoms with E-state index in [1.807, 2.05) is 6.92 Å². The summed E-state index contributed by atoms with van der Waals surface area (Å²) in [6.07, 6.45) is 1.98. The summed E-state index contributed by atoms with van der Waals surface area (Å²) in [4.78, 5) is 11.4. The molecule has 1 aliphatic rings. The zero-order valence-electron chi connectivity index (χ0n) is 9.88. The molecule has 0 unspecified atom stereocenters. The molecule has 7 heteroatoms. The van der Waals surface area contributed by atoms with Gasteiger partial charge in [0.05, 0.1) is 26.5 Å². The van der Waals surface area contributed by atoms with Gasteiger partial charge in [-0.15, -0.1) is 5.10 Å². The van der Waals surface area contributed by atoms with E-state index < -0.39 is 11.8 Å². The summed E-state index contributed by atoms with van der Waals surface area (Å²) < 4.78 is 17.0. The van der Waals surface area contributed by atoms with Crippen LogP contribution in [0.25, 0.3) is 0 Å². The number of carbonyl (C=O) groups excluding carboxylic acids is 1. The molecule has 0 aliphatic carbocycles. The topological polar surface area (TPSA) is 75.5 Å². The van der Waals surface area contributed by atoms with E-state index in [4.69, 9.17) is 9.47 Å². The van der Waals surface area contributed by atoms with Gasteiger partial charge >= 0.3 is 5.97 Å². The molecule has 2 rings (SSSR count). The molecule has 0 aromatic carbocycles. The molecule has 0 N–H and O–H groups in total. The first-order chi connectivity index (χ1) is 8.14. The van der Waals surface area contributed by atoms with E-state index in [0.29, 0.717) is 31.9 Å². The number of esters is 1. The summed E-state index contributed by atoms with van der Waals surface area (Å²) in [5, 5.41) is 7.52. The van der Waals surface area contributed by atoms with Crippen LogP contribution in [0.4, 0.5) is 0 Å². The van der Waals surface area contributed by atoms with Crippen molar-refractivity contribution in [1.82, 2.24) is 15.0 Å². The highest BCUT2D eigenvalue weighted by atomic mass is 16.7. The van der Waals surface area contributed by atoms with Crippen molar-refractivity contribution in [3.05, 3.63) is 11.9 Å². The average molecular weight is 241 g/mol. The van der Waals surface area contributed by atoms with Crippen molar-refractivity contribution in [3.8, 4) is 0 Å². The highest BCUT2D eigenvalue weighted by molar-refractivity contribution is 5.86. The lowest BCUT2D eigenvalue weighted by Gasteiger charge is -2.21. The Kier molecular flexibility index (Phi) is 3.39. The lowest BCUT2D eigenvalue weighted by atomic mass is 10.2. The summed E-state index contributed by atoms with van der Waals surface area (Å²) in [6.45, 7) is 3.55. The normalized spacial score (nSPS) is 18.2. The van der Waals surface area contributed by atoms with Crippen molar-refractivity contribution in [2.45, 2.75) is 25.7 Å². The first kappa shape index (κ1) is 12.0. The molecule has 1 saturated heterocycles. The van der Waals surface area contributed by atoms with Crippen molar-refractivity contribution >= 4 is 5.97 Å². The Balaban J connectivity index is 1.99. The molecular formula is C10H15N3O4. The van der Waals surface area contributed by atoms with Gasteiger partial charge in [-0.3, -0.25) is 0 Å². The van der Waals surface area contributed by atoms with Gasteiger partial charge in [-0.2, -0.15) is 0 Å². The van der Waals surface area contributed by atoms with E-state index >= 15 is 0 Å². The molecule has 0 radical (unpaired) electrons. The number of methoxy groups -OCH3 is 1. The van der Waals surface area contributed by atoms with Crippen molar-refractivity contribution in [2.24, 2.45) is 0 Å². The maximum absolute atomic E-state index is 11.4. The van der Waals surface area contributed by atoms with Crippen LogP contribution in [-0.4, -0.2) is 47.1 Å². The Morgan fingerprint density at radius 3 is 2.94 bits per heavy atom. The van der Waals surface area contributed by atoms with E-state index in [-0.39, 0.29) is 0 Å². The molecule has 0 atom stereocenters. The van der Waals surface area contributed by atoms with Gasteiger partial charge in [0.2, 0.25) is 0 Å². The molecule has 1 fully saturated rings. The predicted octanol–water partition coefficient (Wildman–Crippen LogP) is 0.218. The third kappa shape index (κ3) is 2.62. The van der Waals surface area contributed by atoms with Gasteiger partial charge in [0.25, 0.3) is 0 Å². The fourth-order valence-electron chi connectivity index (χ4n) is 1.70. The van der Waals surface area contributed by atoms with Crippen LogP contribution in [0, 0.1) is 0 Å². The standard InChI is InChI=1S/C10H15N3O4/c1-10(16-5-6-17-10)3-4-13-8(7-11-12-13)9(14)15-2/h7H,3-6H2,1-2H3. The zero-order valence-corrected chi connectivity index (χ0v) is 9.88. The molecule has 1 aromatic rings. The summed E-state index contributed by atoms with van der Waals surface area (Å²) in [5.41, 5.74) is 0.328. The highest BCUT2D eigenvalue weighted by Crippen LogP contribution is 2.23. The van der Waals surface area contributed by atoms with Gasteiger partial charge in [0.15, 0.2) is 11.5 Å². The van der Waals surface area contributed by atoms with Crippen molar-refractivity contribution in [1.29, 1.82) is 0 Å². The minimum Gasteiger partial charge on any atom is -0.464 e. The second kappa shape index (κ2) is 4.80. The monoisotopic (exact) mass is 241 g/mol. The van der Waals surface area contributed by atoms with Gasteiger partial charge in [-0.05, 0) is 6.92 Å². The zero-order chi connectivity index (χ0) is 12.3. The fraction of sp³-hybridized carbons (Fsp3) is 0.700. The summed E-state index contributed by atoms with van der Waals surface area (Å²) in [7, 11) is 1.32. The van der Waals surface area contributed by atoms with E-state index in [2.05, 4.69) is 15.0 Å². The van der Waals surface area contributed by atoms with Crippen molar-refractivity contribution in [2.75, 3.05) is 20.3 Å². The molecule has 2 heterocycles. The average Bonchev–Trinajstić information content (AvgIpc) is 2.94. The van der Waals surface area contributed by atoms with E-state index in [9.17, 15) is 4.79 Å². The SMILES string of the molecule is COC(=O)c1cnnn1CCC1(C)OCCO1. The van der Waals surface area contributed by atoms with Gasteiger partial charge in [-0.25, -0.2) is 9.48 Å². The van der Waals surface area contributed by atoms with Crippen LogP contribution in [0.3, 0.4) is 0 Å². The largest absolute Gasteiger partial charge is 0.464 e. The number of ether oxygens (including phenoxy) is 3. The maximum Gasteiger partial charge on any atom is 0.358 e. The lowest BCUT2D eigenvalue weighted by molar-refractivity contribution is -0.148. The molecule has 0 bridgehead atoms. The molecule has 7 nitrogen and oxygen atoms in total. The molecule has 1 aromatic heterocycles. The molecule has 0 saturated carbocycles. The molecular weight excluding hydrogens is 226 g/mol. The molecule has 94 valence electrons. The van der Waals surface area contributed by atoms with E-state index in [0.717, 1.165) is 0 Å². The second-order valence-electron chi connectivity index (χ2n) is 3.91. The van der Waals surface area contributed by atoms with Gasteiger partial charge in [-0.1, -0.05) is 5.21 Å². The minimum absolute atomic E-state index is 0.328. The van der Waals surface area contributed by atoms with Crippen molar-refractivity contribution < 1.29 is 19.0 Å². The maximum atomic E-state index is 11.4. The summed E-state index contributed by atoms with van der Waals surface area (Å²) in [5.74, 6) is -1.05. The van der Waals surface area contributed by atoms with E-state index in [1.54, 1.807) is 0 Å². The Morgan fingerprint density at radius 2 is 2.29 bits per heavy atom. The Hall–Kier alpha value is -1.47. The first-order valence-electron chi connectivity index (χ1n) is 5.39. The highest BCUT2D eigenvalue weighted by Gasteiger charge is 2.31. The Morgan fingerprint density at radius 1 is 1.59 bits per heavy atom. The third-order valence-corrected chi connectivity index (χ3v) is 2.69. The van der Waals surface area contributed by atoms with Crippen molar-refractivity contribution in [3.63, 3.8) is 0 Å². The first-order valence-corrected chi connectivity index (χ1v) is 5.39. The quantitative estimate of drug-likeness (QED) is 0.702. The number of rotatable bonds is 4. The Bertz CT molecular complexity index is 398. The van der Waals surface area contributed by atoms with Gasteiger partial charge in [0.1, 0.15) is 0 Å². The number of hydrogen-bond donors (Lipinski definition) is 0. The third-order valence-electron chi connectivity index (χ3n) is 2.69. The number of aryl methyl sites for hydroxylation is 1. The van der Waals surface area contributed by atoms with Gasteiger partial charge < -0.3 is 14.2 Å². The lowest BCUT2D eigenvalue weighted by Crippen LogP contribution is -2.28. The number of nitrogens with zero attached hydrogens (tertiary/aromatic N) is 3. The minimum atomic E-state index is -0.598. The second-order valence-corrected chi connectivity index (χ2v) is 3.91. The fourth-order valence-corrected chi connectivity index (χ4v) is 1.70. The van der Waals surface area contributed by atoms with Crippen LogP contribution in [-0.2, 0) is 20.8 Å². The number of carbonyl (C=O) groups is 1. The molecule has 1 aliphatic heterocycles. The van der Waals surface area contributed by atoms with Crippen LogP contribution < -0.4 is 0 Å². The van der Waals surface area contributed by atoms with Crippen LogP contribution in [0.5, 0.6) is 0 Å². The van der Waals surface area contributed by atoms with Crippen LogP contribution >= 0.6 is 0 Å².